The van der Waals surface area contributed by atoms with E-state index < -0.39 is 0 Å². The van der Waals surface area contributed by atoms with Gasteiger partial charge >= 0.3 is 0 Å². The summed E-state index contributed by atoms with van der Waals surface area (Å²) in [6.07, 6.45) is 2.48. The Kier molecular flexibility index (Phi) is 3.38. The van der Waals surface area contributed by atoms with Gasteiger partial charge in [-0.3, -0.25) is 0 Å². The van der Waals surface area contributed by atoms with Crippen LogP contribution >= 0.6 is 16.8 Å². The molecule has 1 aromatic heterocycles. The Hall–Kier alpha value is 0.210. The van der Waals surface area contributed by atoms with E-state index in [0.29, 0.717) is 0 Å². The second-order valence-corrected chi connectivity index (χ2v) is 6.29. The van der Waals surface area contributed by atoms with Crippen LogP contribution in [0, 0.1) is 20.8 Å². The van der Waals surface area contributed by atoms with Gasteiger partial charge in [-0.05, 0) is 61.7 Å². The zero-order valence-corrected chi connectivity index (χ0v) is 10.5. The van der Waals surface area contributed by atoms with Crippen LogP contribution in [0.1, 0.15) is 21.7 Å². The van der Waals surface area contributed by atoms with Gasteiger partial charge in [0.05, 0.1) is 0 Å². The third kappa shape index (κ3) is 1.61. The lowest BCUT2D eigenvalue weighted by Crippen LogP contribution is -1.84. The van der Waals surface area contributed by atoms with E-state index in [1.165, 1.54) is 12.6 Å². The smallest absolute Gasteiger partial charge is 0.0204 e. The molecule has 2 atom stereocenters. The van der Waals surface area contributed by atoms with Crippen LogP contribution in [0.5, 0.6) is 0 Å². The Balaban J connectivity index is 3.18. The van der Waals surface area contributed by atoms with Gasteiger partial charge in [-0.15, -0.1) is 16.8 Å². The topological polar surface area (TPSA) is 0 Å². The minimum absolute atomic E-state index is 0.0717. The molecule has 0 radical (unpaired) electrons. The van der Waals surface area contributed by atoms with Gasteiger partial charge in [-0.25, -0.2) is 0 Å². The van der Waals surface area contributed by atoms with Crippen molar-refractivity contribution in [3.8, 4) is 0 Å². The molecule has 0 aliphatic rings. The van der Waals surface area contributed by atoms with Gasteiger partial charge in [0.25, 0.3) is 0 Å². The fraction of sp³-hybridized carbons (Fsp3) is 0.600. The molecular formula is C10H18P2. The van der Waals surface area contributed by atoms with Gasteiger partial charge in [-0.1, -0.05) is 0 Å². The maximum Gasteiger partial charge on any atom is -0.0204 e. The summed E-state index contributed by atoms with van der Waals surface area (Å²) in [4.78, 5) is 0. The molecule has 0 aromatic carbocycles. The van der Waals surface area contributed by atoms with Crippen LogP contribution in [0.25, 0.3) is 0 Å². The van der Waals surface area contributed by atoms with Crippen molar-refractivity contribution in [2.24, 2.45) is 6.66 Å². The highest BCUT2D eigenvalue weighted by atomic mass is 31.1. The van der Waals surface area contributed by atoms with E-state index in [-0.39, 0.29) is 7.53 Å². The second kappa shape index (κ2) is 3.95. The summed E-state index contributed by atoms with van der Waals surface area (Å²) in [5.41, 5.74) is 3.13. The summed E-state index contributed by atoms with van der Waals surface area (Å²) in [6.45, 7) is 9.22. The van der Waals surface area contributed by atoms with Crippen molar-refractivity contribution >= 4 is 16.8 Å². The van der Waals surface area contributed by atoms with Gasteiger partial charge in [0.2, 0.25) is 0 Å². The van der Waals surface area contributed by atoms with Crippen molar-refractivity contribution < 1.29 is 0 Å². The largest absolute Gasteiger partial charge is 0.137 e. The van der Waals surface area contributed by atoms with Crippen LogP contribution in [0.3, 0.4) is 0 Å². The van der Waals surface area contributed by atoms with E-state index in [0.717, 1.165) is 0 Å². The van der Waals surface area contributed by atoms with E-state index in [4.69, 9.17) is 0 Å². The van der Waals surface area contributed by atoms with Gasteiger partial charge < -0.3 is 0 Å². The first-order chi connectivity index (χ1) is 5.59. The highest BCUT2D eigenvalue weighted by Gasteiger charge is 2.10. The quantitative estimate of drug-likeness (QED) is 0.640. The molecule has 1 rings (SSSR count). The van der Waals surface area contributed by atoms with E-state index >= 15 is 0 Å². The lowest BCUT2D eigenvalue weighted by molar-refractivity contribution is 1.16. The zero-order valence-electron chi connectivity index (χ0n) is 8.44. The molecule has 0 spiro atoms. The molecule has 0 saturated carbocycles. The fourth-order valence-corrected chi connectivity index (χ4v) is 4.43. The molecule has 0 aliphatic carbocycles. The molecule has 68 valence electrons. The van der Waals surface area contributed by atoms with Gasteiger partial charge in [-0.2, -0.15) is 0 Å². The maximum atomic E-state index is 2.82. The number of rotatable bonds is 2. The zero-order chi connectivity index (χ0) is 9.30. The van der Waals surface area contributed by atoms with Crippen molar-refractivity contribution in [1.82, 2.24) is 0 Å². The molecule has 2 unspecified atom stereocenters. The van der Waals surface area contributed by atoms with Crippen LogP contribution < -0.4 is 0 Å². The molecule has 0 nitrogen and oxygen atoms in total. The molecule has 0 bridgehead atoms. The van der Waals surface area contributed by atoms with Gasteiger partial charge in [0.1, 0.15) is 0 Å². The summed E-state index contributed by atoms with van der Waals surface area (Å²) in [5, 5.41) is 3.35. The van der Waals surface area contributed by atoms with Crippen LogP contribution in [0.2, 0.25) is 0 Å². The van der Waals surface area contributed by atoms with Crippen molar-refractivity contribution in [1.29, 1.82) is 0 Å². The first-order valence-corrected chi connectivity index (χ1v) is 7.01. The summed E-state index contributed by atoms with van der Waals surface area (Å²) < 4.78 is 0. The average Bonchev–Trinajstić information content (AvgIpc) is 2.23. The summed E-state index contributed by atoms with van der Waals surface area (Å²) in [7, 11) is 2.89. The Morgan fingerprint density at radius 3 is 2.08 bits per heavy atom. The lowest BCUT2D eigenvalue weighted by atomic mass is 10.1. The van der Waals surface area contributed by atoms with Crippen LogP contribution in [0.15, 0.2) is 0 Å². The monoisotopic (exact) mass is 200 g/mol. The molecule has 0 N–H and O–H groups in total. The highest BCUT2D eigenvalue weighted by Crippen LogP contribution is 2.42. The minimum atomic E-state index is 0.0717. The first-order valence-electron chi connectivity index (χ1n) is 4.41. The Labute approximate surface area is 79.0 Å². The summed E-state index contributed by atoms with van der Waals surface area (Å²) >= 11 is 0. The second-order valence-electron chi connectivity index (χ2n) is 3.38. The first kappa shape index (κ1) is 10.3. The number of hydrogen-bond acceptors (Lipinski definition) is 0. The molecule has 0 saturated heterocycles. The molecule has 1 aromatic rings. The molecule has 0 aliphatic heterocycles. The summed E-state index contributed by atoms with van der Waals surface area (Å²) in [5.74, 6) is 0. The molecule has 0 fully saturated rings. The number of hydrogen-bond donors (Lipinski definition) is 0. The highest BCUT2D eigenvalue weighted by molar-refractivity contribution is 7.49. The molecular weight excluding hydrogens is 182 g/mol. The SMILES string of the molecule is Cc1c(C)c(CCP)p(C)c1C. The normalized spacial score (nSPS) is 12.2. The van der Waals surface area contributed by atoms with E-state index in [1.54, 1.807) is 21.7 Å². The van der Waals surface area contributed by atoms with Gasteiger partial charge in [0.15, 0.2) is 0 Å². The molecule has 2 heteroatoms. The van der Waals surface area contributed by atoms with Crippen molar-refractivity contribution in [3.05, 3.63) is 21.7 Å². The predicted molar refractivity (Wildman–Crippen MR) is 62.6 cm³/mol. The van der Waals surface area contributed by atoms with E-state index in [9.17, 15) is 0 Å². The third-order valence-electron chi connectivity index (χ3n) is 2.83. The van der Waals surface area contributed by atoms with E-state index in [1.807, 2.05) is 0 Å². The van der Waals surface area contributed by atoms with Crippen LogP contribution in [-0.2, 0) is 13.1 Å². The third-order valence-corrected chi connectivity index (χ3v) is 5.83. The fourth-order valence-electron chi connectivity index (χ4n) is 1.69. The molecule has 1 heterocycles. The van der Waals surface area contributed by atoms with Gasteiger partial charge in [0, 0.05) is 0 Å². The predicted octanol–water partition coefficient (Wildman–Crippen LogP) is 3.55. The molecule has 12 heavy (non-hydrogen) atoms. The Morgan fingerprint density at radius 1 is 1.17 bits per heavy atom. The summed E-state index contributed by atoms with van der Waals surface area (Å²) in [6, 6.07) is 0. The Bertz CT molecular complexity index is 259. The van der Waals surface area contributed by atoms with Crippen molar-refractivity contribution in [2.75, 3.05) is 6.16 Å². The molecule has 0 amide bonds. The average molecular weight is 200 g/mol. The Morgan fingerprint density at radius 2 is 1.75 bits per heavy atom. The van der Waals surface area contributed by atoms with Crippen molar-refractivity contribution in [2.45, 2.75) is 27.2 Å². The minimum Gasteiger partial charge on any atom is -0.137 e. The standard InChI is InChI=1S/C10H18P2/c1-7-8(2)10(5-6-11)12(4)9(7)3/h5-6,11H2,1-4H3. The van der Waals surface area contributed by atoms with Crippen LogP contribution in [0.4, 0.5) is 0 Å². The lowest BCUT2D eigenvalue weighted by Gasteiger charge is -2.00. The van der Waals surface area contributed by atoms with Crippen LogP contribution in [-0.4, -0.2) is 6.16 Å². The van der Waals surface area contributed by atoms with E-state index in [2.05, 4.69) is 36.7 Å². The maximum absolute atomic E-state index is 2.82. The van der Waals surface area contributed by atoms with Crippen molar-refractivity contribution in [3.63, 3.8) is 0 Å².